The fourth-order valence-electron chi connectivity index (χ4n) is 4.27. The maximum absolute atomic E-state index is 13.4. The molecule has 1 saturated carbocycles. The molecule has 29 heavy (non-hydrogen) atoms. The minimum Gasteiger partial charge on any atom is -0.871 e. The van der Waals surface area contributed by atoms with Crippen molar-refractivity contribution in [3.8, 4) is 0 Å². The second kappa shape index (κ2) is 8.24. The van der Waals surface area contributed by atoms with Crippen molar-refractivity contribution in [3.63, 3.8) is 0 Å². The molecule has 1 aliphatic carbocycles. The van der Waals surface area contributed by atoms with Gasteiger partial charge in [-0.1, -0.05) is 30.3 Å². The molecule has 1 fully saturated rings. The van der Waals surface area contributed by atoms with Gasteiger partial charge in [-0.25, -0.2) is 9.42 Å². The number of carbonyl (C=O) groups is 1. The van der Waals surface area contributed by atoms with E-state index in [9.17, 15) is 15.0 Å². The van der Waals surface area contributed by atoms with E-state index in [2.05, 4.69) is 24.6 Å². The van der Waals surface area contributed by atoms with Gasteiger partial charge in [0.25, 0.3) is 8.32 Å². The molecule has 7 heteroatoms. The van der Waals surface area contributed by atoms with Gasteiger partial charge in [-0.2, -0.15) is 0 Å². The van der Waals surface area contributed by atoms with Gasteiger partial charge < -0.3 is 14.9 Å². The number of aliphatic hydroxyl groups excluding tert-OH is 1. The summed E-state index contributed by atoms with van der Waals surface area (Å²) in [6, 6.07) is 9.07. The smallest absolute Gasteiger partial charge is 0.326 e. The van der Waals surface area contributed by atoms with Gasteiger partial charge in [-0.3, -0.25) is 4.79 Å². The molecule has 2 atom stereocenters. The second-order valence-electron chi connectivity index (χ2n) is 8.49. The summed E-state index contributed by atoms with van der Waals surface area (Å²) in [6.45, 7) is 8.07. The fraction of sp³-hybridized carbons (Fsp3) is 0.500. The number of carbonyl (C=O) groups excluding carboxylic acids is 1. The zero-order valence-corrected chi connectivity index (χ0v) is 18.5. The summed E-state index contributed by atoms with van der Waals surface area (Å²) >= 11 is 0. The number of hydrogen-bond acceptors (Lipinski definition) is 6. The first-order valence-electron chi connectivity index (χ1n) is 10.2. The molecule has 0 amide bonds. The Morgan fingerprint density at radius 3 is 2.62 bits per heavy atom. The fourth-order valence-corrected chi connectivity index (χ4v) is 5.30. The average molecular weight is 416 g/mol. The highest BCUT2D eigenvalue weighted by atomic mass is 28.4. The van der Waals surface area contributed by atoms with Crippen molar-refractivity contribution in [1.82, 2.24) is 0 Å². The standard InChI is InChI=1S/C22H29NO5Si/c1-5-27-21(26)22(16-13-9-10-14-17(16)28-29(2,3)4)18(23-20(25)19(22)24)15-11-7-6-8-12-15/h6-8,11-12,16H,5,9-10,13-14H2,1-4H3,(H-,24,25)/t16-,22-/m1/s1. The molecule has 1 aromatic carbocycles. The normalized spacial score (nSPS) is 25.2. The molecular weight excluding hydrogens is 386 g/mol. The van der Waals surface area contributed by atoms with E-state index in [-0.39, 0.29) is 12.3 Å². The molecule has 1 N–H and O–H groups in total. The summed E-state index contributed by atoms with van der Waals surface area (Å²) in [5, 5.41) is 23.7. The monoisotopic (exact) mass is 415 g/mol. The summed E-state index contributed by atoms with van der Waals surface area (Å²) in [7, 11) is -1.97. The molecule has 0 aromatic heterocycles. The van der Waals surface area contributed by atoms with E-state index in [1.54, 1.807) is 19.1 Å². The largest absolute Gasteiger partial charge is 0.871 e. The summed E-state index contributed by atoms with van der Waals surface area (Å²) in [6.07, 6.45) is 3.85. The maximum Gasteiger partial charge on any atom is 0.326 e. The molecule has 1 aromatic rings. The first-order chi connectivity index (χ1) is 13.7. The first kappa shape index (κ1) is 21.5. The van der Waals surface area contributed by atoms with Crippen molar-refractivity contribution in [1.29, 1.82) is 0 Å². The second-order valence-corrected chi connectivity index (χ2v) is 12.9. The van der Waals surface area contributed by atoms with Crippen LogP contribution < -0.4 is 5.11 Å². The van der Waals surface area contributed by atoms with Crippen LogP contribution in [-0.4, -0.2) is 31.7 Å². The number of aliphatic imine (C=N–C) groups is 1. The van der Waals surface area contributed by atoms with Crippen LogP contribution >= 0.6 is 0 Å². The lowest BCUT2D eigenvalue weighted by Gasteiger charge is -2.40. The van der Waals surface area contributed by atoms with Gasteiger partial charge in [0.15, 0.2) is 17.2 Å². The van der Waals surface area contributed by atoms with Crippen molar-refractivity contribution in [2.45, 2.75) is 52.2 Å². The number of benzene rings is 1. The van der Waals surface area contributed by atoms with Crippen molar-refractivity contribution < 1.29 is 24.2 Å². The molecule has 0 spiro atoms. The van der Waals surface area contributed by atoms with Gasteiger partial charge >= 0.3 is 5.97 Å². The van der Waals surface area contributed by atoms with E-state index >= 15 is 0 Å². The van der Waals surface area contributed by atoms with E-state index in [1.807, 2.05) is 18.2 Å². The topological polar surface area (TPSA) is 91.2 Å². The van der Waals surface area contributed by atoms with Crippen LogP contribution in [0.4, 0.5) is 0 Å². The minimum absolute atomic E-state index is 0.133. The Morgan fingerprint density at radius 1 is 1.31 bits per heavy atom. The Hall–Kier alpha value is -2.25. The molecular formula is C22H29NO5Si. The quantitative estimate of drug-likeness (QED) is 0.435. The summed E-state index contributed by atoms with van der Waals surface area (Å²) < 4.78 is 11.8. The van der Waals surface area contributed by atoms with Crippen molar-refractivity contribution in [3.05, 3.63) is 53.6 Å². The van der Waals surface area contributed by atoms with Gasteiger partial charge in [0.1, 0.15) is 6.42 Å². The van der Waals surface area contributed by atoms with E-state index < -0.39 is 37.3 Å². The van der Waals surface area contributed by atoms with Crippen LogP contribution in [0.3, 0.4) is 0 Å². The Morgan fingerprint density at radius 2 is 2.00 bits per heavy atom. The van der Waals surface area contributed by atoms with Crippen molar-refractivity contribution in [2.75, 3.05) is 6.61 Å². The zero-order chi connectivity index (χ0) is 21.2. The average Bonchev–Trinajstić information content (AvgIpc) is 2.94. The molecule has 0 saturated heterocycles. The third-order valence-electron chi connectivity index (χ3n) is 5.31. The molecule has 3 rings (SSSR count). The third-order valence-corrected chi connectivity index (χ3v) is 6.19. The number of ether oxygens (including phenoxy) is 1. The van der Waals surface area contributed by atoms with E-state index in [0.717, 1.165) is 18.9 Å². The van der Waals surface area contributed by atoms with Crippen molar-refractivity contribution in [2.24, 2.45) is 16.3 Å². The van der Waals surface area contributed by atoms with E-state index in [4.69, 9.17) is 9.16 Å². The molecule has 156 valence electrons. The predicted molar refractivity (Wildman–Crippen MR) is 111 cm³/mol. The first-order valence-corrected chi connectivity index (χ1v) is 13.6. The van der Waals surface area contributed by atoms with Gasteiger partial charge in [-0.05, 0) is 57.1 Å². The summed E-state index contributed by atoms with van der Waals surface area (Å²) in [5.41, 5.74) is -0.838. The Labute approximate surface area is 173 Å². The van der Waals surface area contributed by atoms with Crippen LogP contribution in [-0.2, 0) is 14.0 Å². The SMILES string of the molecule is CCOC(=O)[C@]1([C@@H]2CCCC[C+]2O[Si](C)(C)C)C(c2ccccc2)=NC(O)=C1[O-]. The predicted octanol–water partition coefficient (Wildman–Crippen LogP) is 3.70. The number of aliphatic hydroxyl groups is 1. The molecule has 0 radical (unpaired) electrons. The highest BCUT2D eigenvalue weighted by molar-refractivity contribution is 6.69. The highest BCUT2D eigenvalue weighted by Crippen LogP contribution is 2.53. The van der Waals surface area contributed by atoms with Gasteiger partial charge in [0.2, 0.25) is 6.10 Å². The van der Waals surface area contributed by atoms with Crippen LogP contribution in [0.2, 0.25) is 19.6 Å². The number of esters is 1. The van der Waals surface area contributed by atoms with Crippen LogP contribution in [0.1, 0.15) is 38.2 Å². The van der Waals surface area contributed by atoms with Gasteiger partial charge in [0.05, 0.1) is 12.3 Å². The maximum atomic E-state index is 13.4. The zero-order valence-electron chi connectivity index (χ0n) is 17.5. The van der Waals surface area contributed by atoms with E-state index in [1.165, 1.54) is 0 Å². The van der Waals surface area contributed by atoms with Crippen LogP contribution in [0, 0.1) is 17.4 Å². The molecule has 0 bridgehead atoms. The molecule has 1 heterocycles. The number of hydrogen-bond donors (Lipinski definition) is 1. The van der Waals surface area contributed by atoms with Crippen LogP contribution in [0.25, 0.3) is 0 Å². The van der Waals surface area contributed by atoms with Gasteiger partial charge in [0, 0.05) is 0 Å². The molecule has 1 aliphatic heterocycles. The lowest BCUT2D eigenvalue weighted by molar-refractivity contribution is -0.326. The lowest BCUT2D eigenvalue weighted by atomic mass is 9.63. The van der Waals surface area contributed by atoms with Crippen LogP contribution in [0.15, 0.2) is 47.0 Å². The van der Waals surface area contributed by atoms with Crippen LogP contribution in [0.5, 0.6) is 0 Å². The number of rotatable bonds is 6. The third kappa shape index (κ3) is 3.93. The number of nitrogens with zero attached hydrogens (tertiary/aromatic N) is 1. The molecule has 0 unspecified atom stereocenters. The van der Waals surface area contributed by atoms with E-state index in [0.29, 0.717) is 18.4 Å². The summed E-state index contributed by atoms with van der Waals surface area (Å²) in [5.74, 6) is -2.52. The Bertz CT molecular complexity index is 814. The highest BCUT2D eigenvalue weighted by Gasteiger charge is 2.64. The summed E-state index contributed by atoms with van der Waals surface area (Å²) in [4.78, 5) is 17.6. The minimum atomic E-state index is -1.97. The lowest BCUT2D eigenvalue weighted by Crippen LogP contribution is -2.53. The van der Waals surface area contributed by atoms with Gasteiger partial charge in [-0.15, -0.1) is 0 Å². The molecule has 6 nitrogen and oxygen atoms in total. The van der Waals surface area contributed by atoms with Crippen molar-refractivity contribution >= 4 is 20.0 Å². The molecule has 2 aliphatic rings. The Balaban J connectivity index is 2.18. The Kier molecular flexibility index (Phi) is 6.10.